The summed E-state index contributed by atoms with van der Waals surface area (Å²) >= 11 is 0. The molecular weight excluding hydrogens is 254 g/mol. The molecule has 1 heterocycles. The molecule has 18 heavy (non-hydrogen) atoms. The number of hydrogen-bond acceptors (Lipinski definition) is 0. The minimum atomic E-state index is -0.117. The van der Waals surface area contributed by atoms with E-state index in [-0.39, 0.29) is 15.8 Å². The van der Waals surface area contributed by atoms with Crippen LogP contribution in [-0.4, -0.2) is 12.3 Å². The lowest BCUT2D eigenvalue weighted by atomic mass is 10.3. The molecule has 0 spiro atoms. The van der Waals surface area contributed by atoms with Gasteiger partial charge in [0.1, 0.15) is 0 Å². The van der Waals surface area contributed by atoms with Gasteiger partial charge in [-0.05, 0) is 49.4 Å². The third kappa shape index (κ3) is 1.83. The molecule has 1 aliphatic heterocycles. The van der Waals surface area contributed by atoms with Crippen LogP contribution in [0.2, 0.25) is 0 Å². The lowest BCUT2D eigenvalue weighted by Crippen LogP contribution is -2.40. The van der Waals surface area contributed by atoms with Gasteiger partial charge in [0.05, 0.1) is 0 Å². The molecule has 0 atom stereocenters. The zero-order chi connectivity index (χ0) is 12.5. The molecule has 0 aliphatic carbocycles. The summed E-state index contributed by atoms with van der Waals surface area (Å²) in [7, 11) is -0.235. The summed E-state index contributed by atoms with van der Waals surface area (Å²) in [5.41, 5.74) is 0. The number of benzene rings is 2. The second-order valence-electron chi connectivity index (χ2n) is 4.47. The third-order valence-electron chi connectivity index (χ3n) is 3.56. The van der Waals surface area contributed by atoms with Crippen LogP contribution >= 0.6 is 15.8 Å². The van der Waals surface area contributed by atoms with Crippen LogP contribution in [0.4, 0.5) is 0 Å². The van der Waals surface area contributed by atoms with E-state index < -0.39 is 0 Å². The molecule has 2 aromatic carbocycles. The van der Waals surface area contributed by atoms with Crippen molar-refractivity contribution in [2.45, 2.75) is 13.8 Å². The maximum atomic E-state index is 2.37. The summed E-state index contributed by atoms with van der Waals surface area (Å²) in [5, 5.41) is 6.56. The molecule has 3 rings (SSSR count). The summed E-state index contributed by atoms with van der Waals surface area (Å²) in [5.74, 6) is 0. The Morgan fingerprint density at radius 2 is 0.889 bits per heavy atom. The minimum Gasteiger partial charge on any atom is -0.0616 e. The van der Waals surface area contributed by atoms with Gasteiger partial charge in [0, 0.05) is 0 Å². The highest BCUT2D eigenvalue weighted by molar-refractivity contribution is 7.84. The smallest absolute Gasteiger partial charge is 0.0115 e. The molecule has 0 nitrogen and oxygen atoms in total. The lowest BCUT2D eigenvalue weighted by Gasteiger charge is -2.33. The van der Waals surface area contributed by atoms with Crippen molar-refractivity contribution in [2.24, 2.45) is 0 Å². The van der Waals surface area contributed by atoms with Crippen LogP contribution in [0.15, 0.2) is 48.5 Å². The molecule has 0 unspecified atom stereocenters. The Balaban J connectivity index is 2.25. The van der Waals surface area contributed by atoms with E-state index in [9.17, 15) is 0 Å². The van der Waals surface area contributed by atoms with Crippen molar-refractivity contribution in [1.82, 2.24) is 0 Å². The zero-order valence-electron chi connectivity index (χ0n) is 10.9. The lowest BCUT2D eigenvalue weighted by molar-refractivity contribution is 1.49. The van der Waals surface area contributed by atoms with E-state index in [0.717, 1.165) is 0 Å². The van der Waals surface area contributed by atoms with E-state index in [1.54, 1.807) is 21.2 Å². The Morgan fingerprint density at radius 3 is 1.11 bits per heavy atom. The van der Waals surface area contributed by atoms with E-state index in [2.05, 4.69) is 62.4 Å². The SMILES string of the molecule is CCP1c2ccccc2P(CC)c2ccccc21. The van der Waals surface area contributed by atoms with Gasteiger partial charge in [-0.25, -0.2) is 0 Å². The second-order valence-corrected chi connectivity index (χ2v) is 9.37. The average molecular weight is 272 g/mol. The van der Waals surface area contributed by atoms with Crippen LogP contribution in [0.1, 0.15) is 13.8 Å². The Hall–Kier alpha value is -0.700. The zero-order valence-corrected chi connectivity index (χ0v) is 12.7. The molecule has 0 N–H and O–H groups in total. The van der Waals surface area contributed by atoms with Crippen molar-refractivity contribution in [1.29, 1.82) is 0 Å². The van der Waals surface area contributed by atoms with Crippen molar-refractivity contribution in [3.05, 3.63) is 48.5 Å². The van der Waals surface area contributed by atoms with Crippen molar-refractivity contribution in [2.75, 3.05) is 12.3 Å². The predicted octanol–water partition coefficient (Wildman–Crippen LogP) is 2.91. The quantitative estimate of drug-likeness (QED) is 0.737. The van der Waals surface area contributed by atoms with Crippen LogP contribution in [0.3, 0.4) is 0 Å². The van der Waals surface area contributed by atoms with Crippen molar-refractivity contribution in [3.8, 4) is 0 Å². The molecule has 0 amide bonds. The Bertz CT molecular complexity index is 465. The number of rotatable bonds is 2. The van der Waals surface area contributed by atoms with Crippen LogP contribution in [0.5, 0.6) is 0 Å². The molecule has 92 valence electrons. The molecule has 0 saturated heterocycles. The summed E-state index contributed by atoms with van der Waals surface area (Å²) in [6, 6.07) is 18.3. The molecule has 0 fully saturated rings. The van der Waals surface area contributed by atoms with Gasteiger partial charge in [-0.2, -0.15) is 0 Å². The van der Waals surface area contributed by atoms with Crippen molar-refractivity contribution >= 4 is 37.1 Å². The summed E-state index contributed by atoms with van der Waals surface area (Å²) in [4.78, 5) is 0. The molecule has 1 aliphatic rings. The Kier molecular flexibility index (Phi) is 3.51. The van der Waals surface area contributed by atoms with E-state index in [1.165, 1.54) is 12.3 Å². The van der Waals surface area contributed by atoms with Crippen LogP contribution in [0.25, 0.3) is 0 Å². The monoisotopic (exact) mass is 272 g/mol. The maximum absolute atomic E-state index is 2.37. The first kappa shape index (κ1) is 12.3. The van der Waals surface area contributed by atoms with E-state index in [1.807, 2.05) is 0 Å². The fourth-order valence-corrected chi connectivity index (χ4v) is 8.58. The first-order valence-electron chi connectivity index (χ1n) is 6.60. The second kappa shape index (κ2) is 5.12. The minimum absolute atomic E-state index is 0.117. The Labute approximate surface area is 112 Å². The largest absolute Gasteiger partial charge is 0.0616 e. The van der Waals surface area contributed by atoms with Crippen LogP contribution < -0.4 is 21.2 Å². The number of hydrogen-bond donors (Lipinski definition) is 0. The van der Waals surface area contributed by atoms with Gasteiger partial charge in [-0.15, -0.1) is 0 Å². The van der Waals surface area contributed by atoms with E-state index >= 15 is 0 Å². The summed E-state index contributed by atoms with van der Waals surface area (Å²) < 4.78 is 0. The van der Waals surface area contributed by atoms with E-state index in [4.69, 9.17) is 0 Å². The normalized spacial score (nSPS) is 21.2. The van der Waals surface area contributed by atoms with Gasteiger partial charge >= 0.3 is 0 Å². The highest BCUT2D eigenvalue weighted by Gasteiger charge is 2.29. The highest BCUT2D eigenvalue weighted by atomic mass is 31.1. The van der Waals surface area contributed by atoms with Gasteiger partial charge in [0.2, 0.25) is 0 Å². The summed E-state index contributed by atoms with van der Waals surface area (Å²) in [6.45, 7) is 4.66. The average Bonchev–Trinajstić information content (AvgIpc) is 2.44. The molecule has 2 heteroatoms. The molecule has 0 bridgehead atoms. The van der Waals surface area contributed by atoms with E-state index in [0.29, 0.717) is 0 Å². The Morgan fingerprint density at radius 1 is 0.611 bits per heavy atom. The van der Waals surface area contributed by atoms with Gasteiger partial charge in [0.15, 0.2) is 0 Å². The highest BCUT2D eigenvalue weighted by Crippen LogP contribution is 2.44. The standard InChI is InChI=1S/C16H18P2/c1-3-17-13-9-5-7-11-15(13)18(4-2)16-12-8-6-10-14(16)17/h5-12H,3-4H2,1-2H3. The molecule has 0 aromatic heterocycles. The first-order valence-corrected chi connectivity index (χ1v) is 9.65. The molecule has 0 saturated carbocycles. The fourth-order valence-electron chi connectivity index (χ4n) is 2.78. The van der Waals surface area contributed by atoms with Crippen LogP contribution in [-0.2, 0) is 0 Å². The van der Waals surface area contributed by atoms with Gasteiger partial charge in [-0.3, -0.25) is 0 Å². The molecular formula is C16H18P2. The molecule has 2 aromatic rings. The van der Waals surface area contributed by atoms with Gasteiger partial charge in [0.25, 0.3) is 0 Å². The van der Waals surface area contributed by atoms with Crippen molar-refractivity contribution < 1.29 is 0 Å². The first-order chi connectivity index (χ1) is 8.86. The maximum Gasteiger partial charge on any atom is -0.0115 e. The van der Waals surface area contributed by atoms with Gasteiger partial charge < -0.3 is 0 Å². The fraction of sp³-hybridized carbons (Fsp3) is 0.250. The molecule has 0 radical (unpaired) electrons. The predicted molar refractivity (Wildman–Crippen MR) is 86.3 cm³/mol. The topological polar surface area (TPSA) is 0 Å². The number of fused-ring (bicyclic) bond motifs is 2. The van der Waals surface area contributed by atoms with Crippen LogP contribution in [0, 0.1) is 0 Å². The van der Waals surface area contributed by atoms with Gasteiger partial charge in [-0.1, -0.05) is 62.4 Å². The third-order valence-corrected chi connectivity index (χ3v) is 9.06. The van der Waals surface area contributed by atoms with Crippen molar-refractivity contribution in [3.63, 3.8) is 0 Å². The summed E-state index contributed by atoms with van der Waals surface area (Å²) in [6.07, 6.45) is 2.52.